The van der Waals surface area contributed by atoms with Crippen LogP contribution in [-0.4, -0.2) is 41.2 Å². The van der Waals surface area contributed by atoms with Crippen LogP contribution >= 0.6 is 0 Å². The largest absolute Gasteiger partial charge is 0.454 e. The topological polar surface area (TPSA) is 92.8 Å². The molecular formula is C24H26N2O5. The second-order valence-corrected chi connectivity index (χ2v) is 8.13. The van der Waals surface area contributed by atoms with Crippen molar-refractivity contribution in [2.75, 3.05) is 11.9 Å². The quantitative estimate of drug-likeness (QED) is 0.545. The third kappa shape index (κ3) is 4.82. The fourth-order valence-corrected chi connectivity index (χ4v) is 3.49. The number of fused-ring (bicyclic) bond motifs is 1. The van der Waals surface area contributed by atoms with Crippen molar-refractivity contribution in [2.24, 2.45) is 5.92 Å². The number of benzene rings is 2. The molecule has 0 aliphatic carbocycles. The molecule has 0 spiro atoms. The van der Waals surface area contributed by atoms with Crippen molar-refractivity contribution in [3.63, 3.8) is 0 Å². The highest BCUT2D eigenvalue weighted by Gasteiger charge is 2.43. The Kier molecular flexibility index (Phi) is 6.53. The molecule has 0 fully saturated rings. The summed E-state index contributed by atoms with van der Waals surface area (Å²) in [6.07, 6.45) is 0.239. The number of hydrogen-bond donors (Lipinski definition) is 1. The van der Waals surface area contributed by atoms with Gasteiger partial charge in [-0.1, -0.05) is 32.0 Å². The summed E-state index contributed by atoms with van der Waals surface area (Å²) in [7, 11) is 0. The van der Waals surface area contributed by atoms with Crippen LogP contribution in [0.25, 0.3) is 0 Å². The number of rotatable bonds is 7. The van der Waals surface area contributed by atoms with E-state index in [0.717, 1.165) is 16.0 Å². The third-order valence-corrected chi connectivity index (χ3v) is 5.24. The van der Waals surface area contributed by atoms with E-state index in [9.17, 15) is 19.2 Å². The van der Waals surface area contributed by atoms with Crippen LogP contribution in [0.4, 0.5) is 5.69 Å². The van der Waals surface area contributed by atoms with E-state index in [1.807, 2.05) is 39.8 Å². The van der Waals surface area contributed by atoms with Crippen LogP contribution in [0, 0.1) is 19.8 Å². The van der Waals surface area contributed by atoms with Gasteiger partial charge in [-0.15, -0.1) is 0 Å². The molecule has 1 atom stereocenters. The molecule has 3 rings (SSSR count). The van der Waals surface area contributed by atoms with Gasteiger partial charge in [0.15, 0.2) is 6.61 Å². The predicted octanol–water partition coefficient (Wildman–Crippen LogP) is 3.50. The Balaban J connectivity index is 1.69. The number of nitrogens with one attached hydrogen (secondary N) is 1. The normalized spacial score (nSPS) is 13.9. The van der Waals surface area contributed by atoms with E-state index in [0.29, 0.717) is 5.69 Å². The van der Waals surface area contributed by atoms with Gasteiger partial charge in [0.05, 0.1) is 11.1 Å². The minimum absolute atomic E-state index is 0.0197. The molecule has 0 bridgehead atoms. The Morgan fingerprint density at radius 2 is 1.58 bits per heavy atom. The highest BCUT2D eigenvalue weighted by molar-refractivity contribution is 6.22. The maximum atomic E-state index is 12.8. The van der Waals surface area contributed by atoms with Crippen molar-refractivity contribution in [1.82, 2.24) is 4.90 Å². The fraction of sp³-hybridized carbons (Fsp3) is 0.333. The van der Waals surface area contributed by atoms with Crippen molar-refractivity contribution in [3.8, 4) is 0 Å². The van der Waals surface area contributed by atoms with Gasteiger partial charge in [-0.3, -0.25) is 19.3 Å². The third-order valence-electron chi connectivity index (χ3n) is 5.24. The first kappa shape index (κ1) is 22.2. The van der Waals surface area contributed by atoms with Gasteiger partial charge in [-0.25, -0.2) is 4.79 Å². The Bertz CT molecular complexity index is 1010. The highest BCUT2D eigenvalue weighted by atomic mass is 16.5. The van der Waals surface area contributed by atoms with Crippen LogP contribution < -0.4 is 5.32 Å². The van der Waals surface area contributed by atoms with E-state index >= 15 is 0 Å². The highest BCUT2D eigenvalue weighted by Crippen LogP contribution is 2.27. The maximum absolute atomic E-state index is 12.8. The summed E-state index contributed by atoms with van der Waals surface area (Å²) in [5, 5.41) is 2.68. The van der Waals surface area contributed by atoms with E-state index in [1.54, 1.807) is 30.3 Å². The van der Waals surface area contributed by atoms with Crippen molar-refractivity contribution < 1.29 is 23.9 Å². The van der Waals surface area contributed by atoms with E-state index in [-0.39, 0.29) is 23.5 Å². The lowest BCUT2D eigenvalue weighted by atomic mass is 10.0. The first-order valence-electron chi connectivity index (χ1n) is 10.2. The number of imide groups is 1. The molecule has 1 aliphatic heterocycles. The molecule has 2 aromatic rings. The maximum Gasteiger partial charge on any atom is 0.329 e. The van der Waals surface area contributed by atoms with E-state index in [1.165, 1.54) is 0 Å². The standard InChI is InChI=1S/C24H26N2O5/c1-14(2)11-20(26-22(28)18-7-5-6-8-19(18)23(26)29)24(30)31-13-21(27)25-17-10-9-15(3)16(4)12-17/h5-10,12,14,20H,11,13H2,1-4H3,(H,25,27)/t20-/m0/s1. The molecule has 0 unspecified atom stereocenters. The Morgan fingerprint density at radius 1 is 0.968 bits per heavy atom. The molecule has 3 amide bonds. The Hall–Kier alpha value is -3.48. The molecule has 1 N–H and O–H groups in total. The van der Waals surface area contributed by atoms with Crippen LogP contribution in [-0.2, 0) is 14.3 Å². The first-order valence-corrected chi connectivity index (χ1v) is 10.2. The molecule has 7 nitrogen and oxygen atoms in total. The lowest BCUT2D eigenvalue weighted by Gasteiger charge is -2.25. The molecule has 1 aliphatic rings. The van der Waals surface area contributed by atoms with Gasteiger partial charge >= 0.3 is 5.97 Å². The van der Waals surface area contributed by atoms with Crippen LogP contribution in [0.15, 0.2) is 42.5 Å². The molecular weight excluding hydrogens is 396 g/mol. The number of anilines is 1. The molecule has 0 saturated carbocycles. The van der Waals surface area contributed by atoms with Gasteiger partial charge < -0.3 is 10.1 Å². The molecule has 31 heavy (non-hydrogen) atoms. The second-order valence-electron chi connectivity index (χ2n) is 8.13. The summed E-state index contributed by atoms with van der Waals surface area (Å²) >= 11 is 0. The van der Waals surface area contributed by atoms with E-state index in [4.69, 9.17) is 4.74 Å². The molecule has 0 radical (unpaired) electrons. The minimum Gasteiger partial charge on any atom is -0.454 e. The number of carbonyl (C=O) groups is 4. The summed E-state index contributed by atoms with van der Waals surface area (Å²) in [4.78, 5) is 51.6. The molecule has 162 valence electrons. The summed E-state index contributed by atoms with van der Waals surface area (Å²) in [5.74, 6) is -2.31. The summed E-state index contributed by atoms with van der Waals surface area (Å²) in [5.41, 5.74) is 3.26. The second kappa shape index (κ2) is 9.12. The Labute approximate surface area is 181 Å². The number of carbonyl (C=O) groups excluding carboxylic acids is 4. The smallest absolute Gasteiger partial charge is 0.329 e. The van der Waals surface area contributed by atoms with Crippen LogP contribution in [0.1, 0.15) is 52.1 Å². The zero-order chi connectivity index (χ0) is 22.7. The molecule has 0 saturated heterocycles. The van der Waals surface area contributed by atoms with Crippen molar-refractivity contribution in [1.29, 1.82) is 0 Å². The molecule has 1 heterocycles. The predicted molar refractivity (Wildman–Crippen MR) is 116 cm³/mol. The molecule has 2 aromatic carbocycles. The van der Waals surface area contributed by atoms with Crippen molar-refractivity contribution >= 4 is 29.4 Å². The minimum atomic E-state index is -1.10. The summed E-state index contributed by atoms with van der Waals surface area (Å²) in [6, 6.07) is 10.8. The average molecular weight is 422 g/mol. The molecule has 0 aromatic heterocycles. The Morgan fingerprint density at radius 3 is 2.13 bits per heavy atom. The molecule has 7 heteroatoms. The summed E-state index contributed by atoms with van der Waals surface area (Å²) in [6.45, 7) is 7.15. The zero-order valence-corrected chi connectivity index (χ0v) is 18.1. The van der Waals surface area contributed by atoms with Gasteiger partial charge in [-0.2, -0.15) is 0 Å². The van der Waals surface area contributed by atoms with Crippen LogP contribution in [0.3, 0.4) is 0 Å². The number of esters is 1. The SMILES string of the molecule is Cc1ccc(NC(=O)COC(=O)[C@H](CC(C)C)N2C(=O)c3ccccc3C2=O)cc1C. The van der Waals surface area contributed by atoms with E-state index < -0.39 is 36.3 Å². The summed E-state index contributed by atoms with van der Waals surface area (Å²) < 4.78 is 5.20. The number of nitrogens with zero attached hydrogens (tertiary/aromatic N) is 1. The number of ether oxygens (including phenoxy) is 1. The number of amides is 3. The van der Waals surface area contributed by atoms with Crippen molar-refractivity contribution in [2.45, 2.75) is 40.2 Å². The van der Waals surface area contributed by atoms with Crippen molar-refractivity contribution in [3.05, 3.63) is 64.7 Å². The average Bonchev–Trinajstić information content (AvgIpc) is 2.98. The zero-order valence-electron chi connectivity index (χ0n) is 18.1. The lowest BCUT2D eigenvalue weighted by molar-refractivity contribution is -0.151. The van der Waals surface area contributed by atoms with Gasteiger partial charge in [0.2, 0.25) is 0 Å². The first-order chi connectivity index (χ1) is 14.7. The van der Waals surface area contributed by atoms with Crippen LogP contribution in [0.2, 0.25) is 0 Å². The van der Waals surface area contributed by atoms with Gasteiger partial charge in [0.25, 0.3) is 17.7 Å². The van der Waals surface area contributed by atoms with Gasteiger partial charge in [0, 0.05) is 5.69 Å². The number of hydrogen-bond acceptors (Lipinski definition) is 5. The van der Waals surface area contributed by atoms with Gasteiger partial charge in [0.1, 0.15) is 6.04 Å². The lowest BCUT2D eigenvalue weighted by Crippen LogP contribution is -2.46. The monoisotopic (exact) mass is 422 g/mol. The van der Waals surface area contributed by atoms with Gasteiger partial charge in [-0.05, 0) is 61.6 Å². The van der Waals surface area contributed by atoms with E-state index in [2.05, 4.69) is 5.32 Å². The fourth-order valence-electron chi connectivity index (χ4n) is 3.49. The number of aryl methyl sites for hydroxylation is 2. The van der Waals surface area contributed by atoms with Crippen LogP contribution in [0.5, 0.6) is 0 Å².